The molecule has 1 aliphatic rings. The summed E-state index contributed by atoms with van der Waals surface area (Å²) < 4.78 is 12.2. The lowest BCUT2D eigenvalue weighted by Crippen LogP contribution is -2.42. The first-order chi connectivity index (χ1) is 16.0. The second kappa shape index (κ2) is 10.1. The Labute approximate surface area is 191 Å². The summed E-state index contributed by atoms with van der Waals surface area (Å²) in [6, 6.07) is 9.37. The van der Waals surface area contributed by atoms with Crippen molar-refractivity contribution in [3.05, 3.63) is 58.4 Å². The van der Waals surface area contributed by atoms with Gasteiger partial charge in [-0.1, -0.05) is 12.1 Å². The smallest absolute Gasteiger partial charge is 0.326 e. The quantitative estimate of drug-likeness (QED) is 0.564. The van der Waals surface area contributed by atoms with Gasteiger partial charge in [-0.3, -0.25) is 14.2 Å². The van der Waals surface area contributed by atoms with E-state index in [1.165, 1.54) is 6.26 Å². The molecule has 0 saturated carbocycles. The van der Waals surface area contributed by atoms with Crippen LogP contribution in [0.25, 0.3) is 11.0 Å². The molecule has 2 aromatic heterocycles. The van der Waals surface area contributed by atoms with Crippen LogP contribution in [0.5, 0.6) is 0 Å². The second-order valence-corrected chi connectivity index (χ2v) is 8.35. The summed E-state index contributed by atoms with van der Waals surface area (Å²) in [5.74, 6) is 0.408. The maximum atomic E-state index is 12.9. The van der Waals surface area contributed by atoms with Crippen LogP contribution in [0, 0.1) is 6.92 Å². The molecule has 9 heteroatoms. The number of furan rings is 1. The van der Waals surface area contributed by atoms with E-state index in [2.05, 4.69) is 4.98 Å². The summed E-state index contributed by atoms with van der Waals surface area (Å²) in [5, 5.41) is 0. The highest BCUT2D eigenvalue weighted by Crippen LogP contribution is 2.25. The number of aryl methyl sites for hydroxylation is 1. The summed E-state index contributed by atoms with van der Waals surface area (Å²) in [5.41, 5.74) is 2.12. The number of nitrogens with zero attached hydrogens (tertiary/aromatic N) is 3. The maximum Gasteiger partial charge on any atom is 0.326 e. The molecule has 2 amide bonds. The number of para-hydroxylation sites is 2. The van der Waals surface area contributed by atoms with Crippen molar-refractivity contribution in [2.75, 3.05) is 39.9 Å². The number of aromatic amines is 1. The van der Waals surface area contributed by atoms with Crippen LogP contribution in [0.15, 0.2) is 45.8 Å². The Hall–Kier alpha value is -3.33. The molecular formula is C24H30N4O5. The summed E-state index contributed by atoms with van der Waals surface area (Å²) in [4.78, 5) is 44.6. The number of ether oxygens (including phenoxy) is 1. The minimum Gasteiger partial charge on any atom is -0.469 e. The van der Waals surface area contributed by atoms with Gasteiger partial charge in [-0.15, -0.1) is 0 Å². The zero-order chi connectivity index (χ0) is 23.4. The Bertz CT molecular complexity index is 1170. The molecule has 9 nitrogen and oxygen atoms in total. The predicted octanol–water partition coefficient (Wildman–Crippen LogP) is 2.57. The molecule has 1 fully saturated rings. The van der Waals surface area contributed by atoms with Crippen molar-refractivity contribution in [2.24, 2.45) is 0 Å². The van der Waals surface area contributed by atoms with Crippen molar-refractivity contribution in [1.82, 2.24) is 19.4 Å². The van der Waals surface area contributed by atoms with Gasteiger partial charge >= 0.3 is 5.69 Å². The molecule has 176 valence electrons. The maximum absolute atomic E-state index is 12.9. The van der Waals surface area contributed by atoms with E-state index in [0.29, 0.717) is 57.0 Å². The van der Waals surface area contributed by atoms with E-state index in [4.69, 9.17) is 9.15 Å². The molecule has 0 spiro atoms. The van der Waals surface area contributed by atoms with E-state index < -0.39 is 0 Å². The standard InChI is InChI=1S/C24H30N4O5/c1-17-19(10-15-33-17)23(30)27(14-16-32-2)13-9-22(29)26-11-7-18(8-12-26)28-21-6-4-3-5-20(21)25-24(28)31/h3-6,10,15,18H,7-9,11-14,16H2,1-2H3,(H,25,31). The van der Waals surface area contributed by atoms with Crippen molar-refractivity contribution >= 4 is 22.8 Å². The van der Waals surface area contributed by atoms with Crippen LogP contribution >= 0.6 is 0 Å². The van der Waals surface area contributed by atoms with Gasteiger partial charge in [0.2, 0.25) is 5.91 Å². The first kappa shape index (κ1) is 22.8. The molecule has 4 rings (SSSR count). The number of H-pyrrole nitrogens is 1. The number of methoxy groups -OCH3 is 1. The molecule has 1 aromatic carbocycles. The Morgan fingerprint density at radius 1 is 1.18 bits per heavy atom. The lowest BCUT2D eigenvalue weighted by Gasteiger charge is -2.33. The highest BCUT2D eigenvalue weighted by atomic mass is 16.5. The minimum absolute atomic E-state index is 0.0128. The van der Waals surface area contributed by atoms with E-state index >= 15 is 0 Å². The zero-order valence-corrected chi connectivity index (χ0v) is 19.1. The van der Waals surface area contributed by atoms with E-state index in [0.717, 1.165) is 11.0 Å². The number of nitrogens with one attached hydrogen (secondary N) is 1. The van der Waals surface area contributed by atoms with Gasteiger partial charge < -0.3 is 23.9 Å². The average molecular weight is 455 g/mol. The second-order valence-electron chi connectivity index (χ2n) is 8.35. The largest absolute Gasteiger partial charge is 0.469 e. The highest BCUT2D eigenvalue weighted by Gasteiger charge is 2.27. The summed E-state index contributed by atoms with van der Waals surface area (Å²) in [7, 11) is 1.58. The van der Waals surface area contributed by atoms with Gasteiger partial charge in [0.05, 0.1) is 29.5 Å². The number of rotatable bonds is 8. The molecule has 3 heterocycles. The van der Waals surface area contributed by atoms with Gasteiger partial charge in [0.1, 0.15) is 5.76 Å². The Morgan fingerprint density at radius 3 is 2.64 bits per heavy atom. The molecule has 0 bridgehead atoms. The van der Waals surface area contributed by atoms with Gasteiger partial charge in [0.15, 0.2) is 0 Å². The van der Waals surface area contributed by atoms with E-state index in [9.17, 15) is 14.4 Å². The summed E-state index contributed by atoms with van der Waals surface area (Å²) in [6.45, 7) is 4.02. The molecule has 0 atom stereocenters. The van der Waals surface area contributed by atoms with Gasteiger partial charge in [0.25, 0.3) is 5.91 Å². The number of amides is 2. The first-order valence-corrected chi connectivity index (χ1v) is 11.3. The van der Waals surface area contributed by atoms with Crippen LogP contribution < -0.4 is 5.69 Å². The highest BCUT2D eigenvalue weighted by molar-refractivity contribution is 5.95. The van der Waals surface area contributed by atoms with Crippen molar-refractivity contribution in [1.29, 1.82) is 0 Å². The molecule has 0 aliphatic carbocycles. The monoisotopic (exact) mass is 454 g/mol. The number of benzene rings is 1. The third kappa shape index (κ3) is 4.88. The summed E-state index contributed by atoms with van der Waals surface area (Å²) >= 11 is 0. The molecule has 33 heavy (non-hydrogen) atoms. The van der Waals surface area contributed by atoms with Crippen LogP contribution in [0.4, 0.5) is 0 Å². The van der Waals surface area contributed by atoms with E-state index in [1.807, 2.05) is 33.7 Å². The van der Waals surface area contributed by atoms with Crippen LogP contribution in [-0.4, -0.2) is 71.1 Å². The normalized spacial score (nSPS) is 14.7. The SMILES string of the molecule is COCCN(CCC(=O)N1CCC(n2c(=O)[nH]c3ccccc32)CC1)C(=O)c1ccoc1C. The molecule has 1 saturated heterocycles. The fraction of sp³-hybridized carbons (Fsp3) is 0.458. The number of carbonyl (C=O) groups excluding carboxylic acids is 2. The Morgan fingerprint density at radius 2 is 1.94 bits per heavy atom. The first-order valence-electron chi connectivity index (χ1n) is 11.3. The topological polar surface area (TPSA) is 101 Å². The number of hydrogen-bond acceptors (Lipinski definition) is 5. The lowest BCUT2D eigenvalue weighted by atomic mass is 10.0. The molecule has 0 unspecified atom stereocenters. The number of fused-ring (bicyclic) bond motifs is 1. The van der Waals surface area contributed by atoms with E-state index in [1.54, 1.807) is 25.0 Å². The zero-order valence-electron chi connectivity index (χ0n) is 19.1. The van der Waals surface area contributed by atoms with Crippen LogP contribution in [0.1, 0.15) is 41.4 Å². The number of carbonyl (C=O) groups is 2. The number of aromatic nitrogens is 2. The minimum atomic E-state index is -0.163. The third-order valence-corrected chi connectivity index (χ3v) is 6.34. The molecule has 0 radical (unpaired) electrons. The van der Waals surface area contributed by atoms with E-state index in [-0.39, 0.29) is 30.0 Å². The van der Waals surface area contributed by atoms with Crippen molar-refractivity contribution in [2.45, 2.75) is 32.2 Å². The number of imidazole rings is 1. The van der Waals surface area contributed by atoms with Crippen molar-refractivity contribution in [3.63, 3.8) is 0 Å². The molecule has 1 aliphatic heterocycles. The van der Waals surface area contributed by atoms with Crippen LogP contribution in [-0.2, 0) is 9.53 Å². The number of hydrogen-bond donors (Lipinski definition) is 1. The van der Waals surface area contributed by atoms with Crippen molar-refractivity contribution in [3.8, 4) is 0 Å². The van der Waals surface area contributed by atoms with Crippen LogP contribution in [0.2, 0.25) is 0 Å². The fourth-order valence-corrected chi connectivity index (χ4v) is 4.49. The lowest BCUT2D eigenvalue weighted by molar-refractivity contribution is -0.132. The number of piperidine rings is 1. The fourth-order valence-electron chi connectivity index (χ4n) is 4.49. The number of likely N-dealkylation sites (tertiary alicyclic amines) is 1. The third-order valence-electron chi connectivity index (χ3n) is 6.34. The Balaban J connectivity index is 1.35. The van der Waals surface area contributed by atoms with Gasteiger partial charge in [-0.25, -0.2) is 4.79 Å². The van der Waals surface area contributed by atoms with Gasteiger partial charge in [-0.2, -0.15) is 0 Å². The molecule has 3 aromatic rings. The van der Waals surface area contributed by atoms with Gasteiger partial charge in [-0.05, 0) is 38.0 Å². The predicted molar refractivity (Wildman–Crippen MR) is 123 cm³/mol. The van der Waals surface area contributed by atoms with Gasteiger partial charge in [0, 0.05) is 45.8 Å². The summed E-state index contributed by atoms with van der Waals surface area (Å²) in [6.07, 6.45) is 3.16. The van der Waals surface area contributed by atoms with Crippen molar-refractivity contribution < 1.29 is 18.7 Å². The average Bonchev–Trinajstić information content (AvgIpc) is 3.40. The molecule has 1 N–H and O–H groups in total. The molecular weight excluding hydrogens is 424 g/mol. The Kier molecular flexibility index (Phi) is 6.98. The van der Waals surface area contributed by atoms with Crippen LogP contribution in [0.3, 0.4) is 0 Å².